The molecule has 32 heavy (non-hydrogen) atoms. The lowest BCUT2D eigenvalue weighted by Gasteiger charge is -2.25. The summed E-state index contributed by atoms with van der Waals surface area (Å²) >= 11 is 0. The number of hydrogen-bond acceptors (Lipinski definition) is 6. The van der Waals surface area contributed by atoms with Gasteiger partial charge in [0.05, 0.1) is 24.9 Å². The Morgan fingerprint density at radius 1 is 1.00 bits per heavy atom. The summed E-state index contributed by atoms with van der Waals surface area (Å²) < 4.78 is 7.53. The highest BCUT2D eigenvalue weighted by molar-refractivity contribution is 5.93. The molecule has 0 unspecified atom stereocenters. The molecule has 0 bridgehead atoms. The molecule has 0 radical (unpaired) electrons. The Morgan fingerprint density at radius 3 is 2.69 bits per heavy atom. The van der Waals surface area contributed by atoms with Crippen LogP contribution >= 0.6 is 0 Å². The Balaban J connectivity index is 1.60. The summed E-state index contributed by atoms with van der Waals surface area (Å²) in [6.07, 6.45) is 4.11. The van der Waals surface area contributed by atoms with E-state index < -0.39 is 0 Å². The molecule has 0 spiro atoms. The Labute approximate surface area is 185 Å². The molecule has 6 rings (SSSR count). The summed E-state index contributed by atoms with van der Waals surface area (Å²) in [5, 5.41) is 10.2. The molecule has 3 aromatic heterocycles. The van der Waals surface area contributed by atoms with Gasteiger partial charge in [-0.15, -0.1) is 10.2 Å². The van der Waals surface area contributed by atoms with Gasteiger partial charge in [-0.05, 0) is 49.2 Å². The normalized spacial score (nSPS) is 13.5. The number of nitrogens with zero attached hydrogens (tertiary/aromatic N) is 6. The van der Waals surface area contributed by atoms with Gasteiger partial charge in [-0.3, -0.25) is 4.98 Å². The fourth-order valence-corrected chi connectivity index (χ4v) is 4.12. The fraction of sp³-hybridized carbons (Fsp3) is 0.200. The van der Waals surface area contributed by atoms with E-state index in [1.165, 1.54) is 0 Å². The van der Waals surface area contributed by atoms with Crippen LogP contribution in [0.5, 0.6) is 5.75 Å². The second-order valence-corrected chi connectivity index (χ2v) is 8.02. The summed E-state index contributed by atoms with van der Waals surface area (Å²) in [6, 6.07) is 22.5. The van der Waals surface area contributed by atoms with Crippen molar-refractivity contribution in [2.45, 2.75) is 25.4 Å². The van der Waals surface area contributed by atoms with Crippen molar-refractivity contribution in [3.8, 4) is 17.1 Å². The summed E-state index contributed by atoms with van der Waals surface area (Å²) in [5.41, 5.74) is 3.66. The average molecular weight is 422 g/mol. The number of anilines is 1. The number of aromatic nitrogens is 5. The molecule has 7 heteroatoms. The van der Waals surface area contributed by atoms with Gasteiger partial charge in [0.2, 0.25) is 5.95 Å². The largest absolute Gasteiger partial charge is 0.497 e. The molecular formula is C25H22N6O. The lowest BCUT2D eigenvalue weighted by atomic mass is 10.2. The number of para-hydroxylation sites is 1. The number of methoxy groups -OCH3 is 1. The van der Waals surface area contributed by atoms with Crippen LogP contribution in [0, 0.1) is 0 Å². The minimum atomic E-state index is 0.425. The molecule has 7 nitrogen and oxygen atoms in total. The molecular weight excluding hydrogens is 400 g/mol. The van der Waals surface area contributed by atoms with Crippen molar-refractivity contribution in [3.05, 3.63) is 78.6 Å². The van der Waals surface area contributed by atoms with Crippen molar-refractivity contribution in [1.29, 1.82) is 0 Å². The zero-order valence-electron chi connectivity index (χ0n) is 17.7. The average Bonchev–Trinajstić information content (AvgIpc) is 3.60. The topological polar surface area (TPSA) is 68.4 Å². The zero-order valence-corrected chi connectivity index (χ0v) is 17.7. The number of pyridine rings is 1. The highest BCUT2D eigenvalue weighted by Crippen LogP contribution is 2.36. The van der Waals surface area contributed by atoms with Crippen molar-refractivity contribution in [2.24, 2.45) is 0 Å². The zero-order chi connectivity index (χ0) is 21.5. The fourth-order valence-electron chi connectivity index (χ4n) is 4.12. The van der Waals surface area contributed by atoms with Crippen molar-refractivity contribution < 1.29 is 4.74 Å². The van der Waals surface area contributed by atoms with Gasteiger partial charge in [-0.25, -0.2) is 9.38 Å². The third-order valence-corrected chi connectivity index (χ3v) is 5.86. The van der Waals surface area contributed by atoms with E-state index in [2.05, 4.69) is 30.5 Å². The summed E-state index contributed by atoms with van der Waals surface area (Å²) in [5.74, 6) is 2.37. The second kappa shape index (κ2) is 7.60. The Kier molecular flexibility index (Phi) is 4.45. The maximum Gasteiger partial charge on any atom is 0.214 e. The molecule has 1 aliphatic rings. The molecule has 0 atom stereocenters. The maximum absolute atomic E-state index is 5.45. The molecule has 1 aliphatic carbocycles. The van der Waals surface area contributed by atoms with Crippen LogP contribution in [-0.4, -0.2) is 37.7 Å². The van der Waals surface area contributed by atoms with Crippen LogP contribution in [0.2, 0.25) is 0 Å². The second-order valence-electron chi connectivity index (χ2n) is 8.02. The lowest BCUT2D eigenvalue weighted by Crippen LogP contribution is -2.29. The van der Waals surface area contributed by atoms with Crippen LogP contribution in [0.15, 0.2) is 72.9 Å². The Morgan fingerprint density at radius 2 is 1.88 bits per heavy atom. The predicted molar refractivity (Wildman–Crippen MR) is 124 cm³/mol. The van der Waals surface area contributed by atoms with Crippen LogP contribution < -0.4 is 9.64 Å². The number of benzene rings is 2. The molecule has 0 amide bonds. The van der Waals surface area contributed by atoms with Crippen LogP contribution in [0.1, 0.15) is 18.5 Å². The van der Waals surface area contributed by atoms with E-state index in [9.17, 15) is 0 Å². The van der Waals surface area contributed by atoms with E-state index in [0.29, 0.717) is 12.6 Å². The molecule has 2 aromatic carbocycles. The van der Waals surface area contributed by atoms with Gasteiger partial charge in [0.1, 0.15) is 5.75 Å². The molecule has 0 aliphatic heterocycles. The smallest absolute Gasteiger partial charge is 0.214 e. The summed E-state index contributed by atoms with van der Waals surface area (Å²) in [4.78, 5) is 12.0. The molecule has 3 heterocycles. The number of fused-ring (bicyclic) bond motifs is 3. The lowest BCUT2D eigenvalue weighted by molar-refractivity contribution is 0.415. The third kappa shape index (κ3) is 3.22. The molecule has 1 fully saturated rings. The van der Waals surface area contributed by atoms with E-state index in [1.807, 2.05) is 66.9 Å². The van der Waals surface area contributed by atoms with Gasteiger partial charge in [-0.1, -0.05) is 30.3 Å². The first-order valence-electron chi connectivity index (χ1n) is 10.8. The van der Waals surface area contributed by atoms with Crippen molar-refractivity contribution >= 4 is 22.5 Å². The Bertz CT molecular complexity index is 1410. The Hall–Kier alpha value is -4.00. The van der Waals surface area contributed by atoms with Crippen molar-refractivity contribution in [3.63, 3.8) is 0 Å². The highest BCUT2D eigenvalue weighted by Gasteiger charge is 2.33. The third-order valence-electron chi connectivity index (χ3n) is 5.86. The highest BCUT2D eigenvalue weighted by atomic mass is 16.5. The number of hydrogen-bond donors (Lipinski definition) is 0. The van der Waals surface area contributed by atoms with Crippen LogP contribution in [0.25, 0.3) is 27.9 Å². The molecule has 0 N–H and O–H groups in total. The summed E-state index contributed by atoms with van der Waals surface area (Å²) in [6.45, 7) is 0.682. The first-order valence-corrected chi connectivity index (χ1v) is 10.8. The van der Waals surface area contributed by atoms with E-state index in [-0.39, 0.29) is 0 Å². The molecule has 1 saturated carbocycles. The van der Waals surface area contributed by atoms with E-state index in [4.69, 9.17) is 9.72 Å². The summed E-state index contributed by atoms with van der Waals surface area (Å²) in [7, 11) is 1.67. The van der Waals surface area contributed by atoms with Crippen molar-refractivity contribution in [1.82, 2.24) is 24.6 Å². The SMILES string of the molecule is COc1cccc(-c2nnc3c4ccccc4nc(N(Cc4ccccn4)C4CC4)n23)c1. The van der Waals surface area contributed by atoms with Crippen molar-refractivity contribution in [2.75, 3.05) is 12.0 Å². The van der Waals surface area contributed by atoms with Gasteiger partial charge in [0, 0.05) is 23.2 Å². The van der Waals surface area contributed by atoms with Gasteiger partial charge >= 0.3 is 0 Å². The van der Waals surface area contributed by atoms with E-state index in [0.717, 1.165) is 58.2 Å². The minimum Gasteiger partial charge on any atom is -0.497 e. The quantitative estimate of drug-likeness (QED) is 0.401. The molecule has 5 aromatic rings. The first-order chi connectivity index (χ1) is 15.8. The molecule has 0 saturated heterocycles. The van der Waals surface area contributed by atoms with Gasteiger partial charge < -0.3 is 9.64 Å². The minimum absolute atomic E-state index is 0.425. The predicted octanol–water partition coefficient (Wildman–Crippen LogP) is 4.52. The van der Waals surface area contributed by atoms with Gasteiger partial charge in [0.15, 0.2) is 11.5 Å². The number of rotatable bonds is 6. The van der Waals surface area contributed by atoms with Crippen LogP contribution in [0.4, 0.5) is 5.95 Å². The number of ether oxygens (including phenoxy) is 1. The van der Waals surface area contributed by atoms with E-state index >= 15 is 0 Å². The van der Waals surface area contributed by atoms with Crippen LogP contribution in [-0.2, 0) is 6.54 Å². The first kappa shape index (κ1) is 18.7. The monoisotopic (exact) mass is 422 g/mol. The van der Waals surface area contributed by atoms with E-state index in [1.54, 1.807) is 7.11 Å². The van der Waals surface area contributed by atoms with Crippen LogP contribution in [0.3, 0.4) is 0 Å². The standard InChI is InChI=1S/C25H22N6O/c1-32-20-9-6-7-17(15-20)23-28-29-24-21-10-2-3-11-22(21)27-25(31(23)24)30(19-12-13-19)16-18-8-4-5-14-26-18/h2-11,14-15,19H,12-13,16H2,1H3. The van der Waals surface area contributed by atoms with Gasteiger partial charge in [-0.2, -0.15) is 0 Å². The maximum atomic E-state index is 5.45. The molecule has 158 valence electrons. The van der Waals surface area contributed by atoms with Gasteiger partial charge in [0.25, 0.3) is 0 Å².